The first-order valence-corrected chi connectivity index (χ1v) is 10.8. The summed E-state index contributed by atoms with van der Waals surface area (Å²) in [5.74, 6) is 0.909. The maximum atomic E-state index is 11.9. The van der Waals surface area contributed by atoms with Crippen LogP contribution in [-0.4, -0.2) is 24.1 Å². The molecule has 0 aromatic carbocycles. The number of fused-ring (bicyclic) bond motifs is 4. The smallest absolute Gasteiger partial charge is 0.302 e. The third-order valence-corrected chi connectivity index (χ3v) is 8.32. The maximum Gasteiger partial charge on any atom is 0.302 e. The van der Waals surface area contributed by atoms with Gasteiger partial charge in [-0.3, -0.25) is 9.59 Å². The Morgan fingerprint density at radius 1 is 1.00 bits per heavy atom. The van der Waals surface area contributed by atoms with Gasteiger partial charge in [0.15, 0.2) is 0 Å². The highest BCUT2D eigenvalue weighted by atomic mass is 16.5. The van der Waals surface area contributed by atoms with E-state index in [0.717, 1.165) is 31.6 Å². The number of hydrogen-bond acceptors (Lipinski definition) is 4. The molecule has 4 aliphatic rings. The van der Waals surface area contributed by atoms with Gasteiger partial charge in [-0.1, -0.05) is 31.4 Å². The molecule has 0 aromatic rings. The Bertz CT molecular complexity index is 680. The van der Waals surface area contributed by atoms with Crippen molar-refractivity contribution >= 4 is 11.9 Å². The Balaban J connectivity index is 1.71. The summed E-state index contributed by atoms with van der Waals surface area (Å²) < 4.78 is 11.5. The fraction of sp³-hybridized carbons (Fsp3) is 0.826. The van der Waals surface area contributed by atoms with Gasteiger partial charge in [0.2, 0.25) is 0 Å². The number of rotatable bonds is 2. The van der Waals surface area contributed by atoms with Crippen LogP contribution in [-0.2, 0) is 19.1 Å². The highest BCUT2D eigenvalue weighted by Gasteiger charge is 2.56. The van der Waals surface area contributed by atoms with Gasteiger partial charge in [-0.15, -0.1) is 0 Å². The first-order chi connectivity index (χ1) is 12.7. The standard InChI is InChI=1S/C23H34O4/c1-14(24)26-16-7-8-20-17-9-11-22(3)10-5-6-19(22)18(17)12-21(27-15(2)25)23(20,4)13-16/h16,18-19,21H,5-13H2,1-4H3. The molecule has 4 aliphatic carbocycles. The van der Waals surface area contributed by atoms with Crippen LogP contribution in [0, 0.1) is 22.7 Å². The number of carbonyl (C=O) groups excluding carboxylic acids is 2. The van der Waals surface area contributed by atoms with E-state index >= 15 is 0 Å². The van der Waals surface area contributed by atoms with Gasteiger partial charge in [-0.05, 0) is 68.6 Å². The van der Waals surface area contributed by atoms with E-state index in [4.69, 9.17) is 9.47 Å². The molecule has 3 fully saturated rings. The summed E-state index contributed by atoms with van der Waals surface area (Å²) >= 11 is 0. The topological polar surface area (TPSA) is 52.6 Å². The highest BCUT2D eigenvalue weighted by Crippen LogP contribution is 2.63. The van der Waals surface area contributed by atoms with Crippen molar-refractivity contribution in [2.24, 2.45) is 22.7 Å². The van der Waals surface area contributed by atoms with Crippen molar-refractivity contribution < 1.29 is 19.1 Å². The highest BCUT2D eigenvalue weighted by molar-refractivity contribution is 5.67. The van der Waals surface area contributed by atoms with Crippen LogP contribution >= 0.6 is 0 Å². The molecule has 3 saturated carbocycles. The van der Waals surface area contributed by atoms with E-state index in [0.29, 0.717) is 11.3 Å². The van der Waals surface area contributed by atoms with Crippen LogP contribution in [0.3, 0.4) is 0 Å². The third kappa shape index (κ3) is 3.13. The summed E-state index contributed by atoms with van der Waals surface area (Å²) in [6.07, 6.45) is 9.94. The van der Waals surface area contributed by atoms with E-state index in [1.165, 1.54) is 51.5 Å². The zero-order valence-electron chi connectivity index (χ0n) is 17.3. The predicted octanol–water partition coefficient (Wildman–Crippen LogP) is 4.96. The van der Waals surface area contributed by atoms with Crippen molar-refractivity contribution in [2.75, 3.05) is 0 Å². The summed E-state index contributed by atoms with van der Waals surface area (Å²) in [7, 11) is 0. The van der Waals surface area contributed by atoms with E-state index < -0.39 is 0 Å². The average Bonchev–Trinajstić information content (AvgIpc) is 2.96. The second-order valence-corrected chi connectivity index (χ2v) is 9.99. The van der Waals surface area contributed by atoms with Crippen LogP contribution < -0.4 is 0 Å². The molecule has 27 heavy (non-hydrogen) atoms. The van der Waals surface area contributed by atoms with Crippen molar-refractivity contribution in [2.45, 2.75) is 97.7 Å². The van der Waals surface area contributed by atoms with Crippen LogP contribution in [0.25, 0.3) is 0 Å². The Morgan fingerprint density at radius 2 is 1.74 bits per heavy atom. The molecule has 4 rings (SSSR count). The molecule has 0 amide bonds. The van der Waals surface area contributed by atoms with Crippen molar-refractivity contribution in [3.8, 4) is 0 Å². The number of allylic oxidation sites excluding steroid dienone is 1. The van der Waals surface area contributed by atoms with E-state index in [-0.39, 0.29) is 29.6 Å². The largest absolute Gasteiger partial charge is 0.463 e. The molecule has 6 atom stereocenters. The Labute approximate surface area is 163 Å². The Kier molecular flexibility index (Phi) is 4.67. The lowest BCUT2D eigenvalue weighted by atomic mass is 9.52. The summed E-state index contributed by atoms with van der Waals surface area (Å²) in [6.45, 7) is 7.74. The Hall–Kier alpha value is -1.32. The Morgan fingerprint density at radius 3 is 2.44 bits per heavy atom. The van der Waals surface area contributed by atoms with E-state index in [1.807, 2.05) is 0 Å². The number of hydrogen-bond donors (Lipinski definition) is 0. The fourth-order valence-corrected chi connectivity index (χ4v) is 7.13. The van der Waals surface area contributed by atoms with Crippen molar-refractivity contribution in [3.05, 3.63) is 11.1 Å². The van der Waals surface area contributed by atoms with E-state index in [2.05, 4.69) is 13.8 Å². The van der Waals surface area contributed by atoms with Crippen LogP contribution in [0.15, 0.2) is 11.1 Å². The lowest BCUT2D eigenvalue weighted by Crippen LogP contribution is -2.51. The molecule has 0 bridgehead atoms. The third-order valence-electron chi connectivity index (χ3n) is 8.32. The molecule has 4 nitrogen and oxygen atoms in total. The summed E-state index contributed by atoms with van der Waals surface area (Å²) in [5, 5.41) is 0. The zero-order chi connectivity index (χ0) is 19.4. The minimum absolute atomic E-state index is 0.0632. The number of carbonyl (C=O) groups is 2. The van der Waals surface area contributed by atoms with Crippen LogP contribution in [0.4, 0.5) is 0 Å². The second kappa shape index (κ2) is 6.63. The molecule has 0 aromatic heterocycles. The molecule has 0 aliphatic heterocycles. The van der Waals surface area contributed by atoms with Gasteiger partial charge in [0.05, 0.1) is 0 Å². The lowest BCUT2D eigenvalue weighted by molar-refractivity contribution is -0.162. The fourth-order valence-electron chi connectivity index (χ4n) is 7.13. The van der Waals surface area contributed by atoms with E-state index in [1.54, 1.807) is 5.57 Å². The second-order valence-electron chi connectivity index (χ2n) is 9.99. The van der Waals surface area contributed by atoms with Crippen molar-refractivity contribution in [1.82, 2.24) is 0 Å². The van der Waals surface area contributed by atoms with Gasteiger partial charge >= 0.3 is 11.9 Å². The van der Waals surface area contributed by atoms with Crippen molar-refractivity contribution in [1.29, 1.82) is 0 Å². The SMILES string of the molecule is CC(=O)OC1CCC2=C3CCC4(C)CCCC4C3CC(OC(C)=O)C2(C)C1. The first kappa shape index (κ1) is 19.0. The van der Waals surface area contributed by atoms with Gasteiger partial charge in [0.1, 0.15) is 12.2 Å². The molecule has 0 saturated heterocycles. The van der Waals surface area contributed by atoms with Gasteiger partial charge < -0.3 is 9.47 Å². The molecule has 0 spiro atoms. The van der Waals surface area contributed by atoms with Crippen LogP contribution in [0.1, 0.15) is 85.5 Å². The molecule has 0 N–H and O–H groups in total. The maximum absolute atomic E-state index is 11.9. The minimum Gasteiger partial charge on any atom is -0.463 e. The summed E-state index contributed by atoms with van der Waals surface area (Å²) in [4.78, 5) is 23.4. The van der Waals surface area contributed by atoms with Gasteiger partial charge in [-0.2, -0.15) is 0 Å². The zero-order valence-corrected chi connectivity index (χ0v) is 17.3. The van der Waals surface area contributed by atoms with Crippen LogP contribution in [0.2, 0.25) is 0 Å². The lowest BCUT2D eigenvalue weighted by Gasteiger charge is -2.55. The first-order valence-electron chi connectivity index (χ1n) is 10.8. The predicted molar refractivity (Wildman–Crippen MR) is 103 cm³/mol. The van der Waals surface area contributed by atoms with Gasteiger partial charge in [0, 0.05) is 19.3 Å². The number of ether oxygens (including phenoxy) is 2. The minimum atomic E-state index is -0.211. The molecule has 150 valence electrons. The molecule has 4 heteroatoms. The van der Waals surface area contributed by atoms with Gasteiger partial charge in [-0.25, -0.2) is 0 Å². The molecule has 0 radical (unpaired) electrons. The molecule has 0 heterocycles. The molecular formula is C23H34O4. The average molecular weight is 375 g/mol. The molecular weight excluding hydrogens is 340 g/mol. The normalized spacial score (nSPS) is 43.4. The quantitative estimate of drug-likeness (QED) is 0.506. The summed E-state index contributed by atoms with van der Waals surface area (Å²) in [6, 6.07) is 0. The number of esters is 2. The van der Waals surface area contributed by atoms with Gasteiger partial charge in [0.25, 0.3) is 0 Å². The molecule has 6 unspecified atom stereocenters. The van der Waals surface area contributed by atoms with E-state index in [9.17, 15) is 9.59 Å². The summed E-state index contributed by atoms with van der Waals surface area (Å²) in [5.41, 5.74) is 3.48. The van der Waals surface area contributed by atoms with Crippen molar-refractivity contribution in [3.63, 3.8) is 0 Å². The van der Waals surface area contributed by atoms with Crippen LogP contribution in [0.5, 0.6) is 0 Å². The monoisotopic (exact) mass is 374 g/mol.